The second kappa shape index (κ2) is 4.17. The van der Waals surface area contributed by atoms with E-state index in [4.69, 9.17) is 4.74 Å². The Morgan fingerprint density at radius 1 is 1.19 bits per heavy atom. The fourth-order valence-electron chi connectivity index (χ4n) is 3.03. The molecule has 86 valence electrons. The van der Waals surface area contributed by atoms with Gasteiger partial charge in [-0.15, -0.1) is 0 Å². The number of hydrogen-bond acceptors (Lipinski definition) is 2. The van der Waals surface area contributed by atoms with E-state index < -0.39 is 0 Å². The summed E-state index contributed by atoms with van der Waals surface area (Å²) in [6.45, 7) is 0. The Labute approximate surface area is 96.4 Å². The van der Waals surface area contributed by atoms with Crippen molar-refractivity contribution in [3.63, 3.8) is 0 Å². The third kappa shape index (κ3) is 1.86. The number of allylic oxidation sites excluding steroid dienone is 2. The lowest BCUT2D eigenvalue weighted by Gasteiger charge is -2.22. The molecule has 0 N–H and O–H groups in total. The van der Waals surface area contributed by atoms with Gasteiger partial charge in [-0.25, -0.2) is 0 Å². The van der Waals surface area contributed by atoms with Gasteiger partial charge in [0.05, 0.1) is 12.2 Å². The van der Waals surface area contributed by atoms with Crippen LogP contribution in [0.1, 0.15) is 44.9 Å². The molecule has 3 aliphatic rings. The summed E-state index contributed by atoms with van der Waals surface area (Å²) in [5.74, 6) is 0.325. The average molecular weight is 218 g/mol. The number of Topliss-reactive ketones (excluding diaryl/α,β-unsaturated/α-hetero) is 1. The highest BCUT2D eigenvalue weighted by Gasteiger charge is 2.28. The van der Waals surface area contributed by atoms with Gasteiger partial charge in [-0.3, -0.25) is 4.79 Å². The van der Waals surface area contributed by atoms with Gasteiger partial charge >= 0.3 is 0 Å². The van der Waals surface area contributed by atoms with Crippen molar-refractivity contribution in [2.75, 3.05) is 0 Å². The van der Waals surface area contributed by atoms with Crippen LogP contribution in [0, 0.1) is 0 Å². The van der Waals surface area contributed by atoms with Gasteiger partial charge in [-0.1, -0.05) is 30.6 Å². The zero-order chi connectivity index (χ0) is 11.0. The second-order valence-electron chi connectivity index (χ2n) is 5.08. The van der Waals surface area contributed by atoms with Crippen LogP contribution in [0.25, 0.3) is 0 Å². The van der Waals surface area contributed by atoms with Crippen molar-refractivity contribution in [2.24, 2.45) is 0 Å². The Kier molecular flexibility index (Phi) is 2.68. The van der Waals surface area contributed by atoms with Crippen molar-refractivity contribution < 1.29 is 9.53 Å². The van der Waals surface area contributed by atoms with Gasteiger partial charge in [-0.05, 0) is 25.7 Å². The highest BCUT2D eigenvalue weighted by molar-refractivity contribution is 6.01. The first kappa shape index (κ1) is 10.3. The van der Waals surface area contributed by atoms with E-state index in [0.29, 0.717) is 18.3 Å². The number of ether oxygens (including phenoxy) is 1. The standard InChI is InChI=1S/C14H18O2/c15-14-8-5-10-9-12(6-7-13(10)14)16-11-3-1-2-4-11/h6-7,11-12H,1-5,8-9H2. The largest absolute Gasteiger partial charge is 0.371 e. The average Bonchev–Trinajstić information content (AvgIpc) is 2.90. The molecule has 0 aromatic rings. The van der Waals surface area contributed by atoms with Crippen LogP contribution in [0.2, 0.25) is 0 Å². The highest BCUT2D eigenvalue weighted by Crippen LogP contribution is 2.33. The molecule has 1 saturated carbocycles. The molecule has 0 aromatic carbocycles. The van der Waals surface area contributed by atoms with Crippen LogP contribution in [-0.4, -0.2) is 18.0 Å². The first-order valence-electron chi connectivity index (χ1n) is 6.42. The van der Waals surface area contributed by atoms with E-state index in [1.165, 1.54) is 31.3 Å². The normalized spacial score (nSPS) is 30.2. The summed E-state index contributed by atoms with van der Waals surface area (Å²) in [6.07, 6.45) is 12.5. The monoisotopic (exact) mass is 218 g/mol. The Morgan fingerprint density at radius 2 is 2.00 bits per heavy atom. The molecule has 1 fully saturated rings. The molecule has 0 spiro atoms. The fourth-order valence-corrected chi connectivity index (χ4v) is 3.03. The lowest BCUT2D eigenvalue weighted by molar-refractivity contribution is -0.114. The van der Waals surface area contributed by atoms with Crippen LogP contribution < -0.4 is 0 Å². The van der Waals surface area contributed by atoms with Crippen LogP contribution in [0.4, 0.5) is 0 Å². The molecule has 0 bridgehead atoms. The maximum atomic E-state index is 11.5. The molecule has 2 nitrogen and oxygen atoms in total. The molecule has 3 aliphatic carbocycles. The summed E-state index contributed by atoms with van der Waals surface area (Å²) in [7, 11) is 0. The maximum absolute atomic E-state index is 11.5. The van der Waals surface area contributed by atoms with Gasteiger partial charge < -0.3 is 4.74 Å². The fraction of sp³-hybridized carbons (Fsp3) is 0.643. The molecule has 2 heteroatoms. The van der Waals surface area contributed by atoms with Gasteiger partial charge in [-0.2, -0.15) is 0 Å². The van der Waals surface area contributed by atoms with Gasteiger partial charge in [0.2, 0.25) is 0 Å². The third-order valence-corrected chi connectivity index (χ3v) is 3.93. The van der Waals surface area contributed by atoms with Crippen LogP contribution in [0.3, 0.4) is 0 Å². The summed E-state index contributed by atoms with van der Waals surface area (Å²) in [4.78, 5) is 11.5. The van der Waals surface area contributed by atoms with Crippen molar-refractivity contribution in [1.82, 2.24) is 0 Å². The Morgan fingerprint density at radius 3 is 2.81 bits per heavy atom. The predicted octanol–water partition coefficient (Wildman–Crippen LogP) is 2.93. The van der Waals surface area contributed by atoms with E-state index in [2.05, 4.69) is 6.08 Å². The molecule has 3 rings (SSSR count). The van der Waals surface area contributed by atoms with Gasteiger partial charge in [0.25, 0.3) is 0 Å². The minimum atomic E-state index is 0.229. The van der Waals surface area contributed by atoms with Gasteiger partial charge in [0.15, 0.2) is 5.78 Å². The van der Waals surface area contributed by atoms with E-state index >= 15 is 0 Å². The smallest absolute Gasteiger partial charge is 0.163 e. The van der Waals surface area contributed by atoms with Crippen molar-refractivity contribution in [3.05, 3.63) is 23.3 Å². The van der Waals surface area contributed by atoms with Crippen LogP contribution in [-0.2, 0) is 9.53 Å². The SMILES string of the molecule is O=C1CCC2=C1C=CC(OC1CCCC1)C2. The minimum absolute atomic E-state index is 0.229. The molecule has 0 amide bonds. The molecule has 0 heterocycles. The minimum Gasteiger partial charge on any atom is -0.371 e. The summed E-state index contributed by atoms with van der Waals surface area (Å²) in [5, 5.41) is 0. The zero-order valence-electron chi connectivity index (χ0n) is 9.58. The van der Waals surface area contributed by atoms with Crippen LogP contribution in [0.5, 0.6) is 0 Å². The van der Waals surface area contributed by atoms with E-state index in [1.807, 2.05) is 6.08 Å². The van der Waals surface area contributed by atoms with Crippen molar-refractivity contribution in [2.45, 2.75) is 57.2 Å². The quantitative estimate of drug-likeness (QED) is 0.712. The van der Waals surface area contributed by atoms with E-state index in [0.717, 1.165) is 18.4 Å². The topological polar surface area (TPSA) is 26.3 Å². The second-order valence-corrected chi connectivity index (χ2v) is 5.08. The summed E-state index contributed by atoms with van der Waals surface area (Å²) in [6, 6.07) is 0. The van der Waals surface area contributed by atoms with Crippen LogP contribution in [0.15, 0.2) is 23.3 Å². The third-order valence-electron chi connectivity index (χ3n) is 3.93. The zero-order valence-corrected chi connectivity index (χ0v) is 9.58. The number of carbonyl (C=O) groups is 1. The van der Waals surface area contributed by atoms with Crippen molar-refractivity contribution >= 4 is 5.78 Å². The number of carbonyl (C=O) groups excluding carboxylic acids is 1. The molecule has 0 aliphatic heterocycles. The molecule has 1 atom stereocenters. The van der Waals surface area contributed by atoms with Gasteiger partial charge in [0, 0.05) is 12.0 Å². The molecule has 0 radical (unpaired) electrons. The molecule has 1 unspecified atom stereocenters. The van der Waals surface area contributed by atoms with E-state index in [9.17, 15) is 4.79 Å². The Bertz CT molecular complexity index is 359. The lowest BCUT2D eigenvalue weighted by atomic mass is 9.98. The molecule has 0 aromatic heterocycles. The van der Waals surface area contributed by atoms with Crippen LogP contribution >= 0.6 is 0 Å². The molecule has 0 saturated heterocycles. The summed E-state index contributed by atoms with van der Waals surface area (Å²) >= 11 is 0. The molecular formula is C14H18O2. The maximum Gasteiger partial charge on any atom is 0.163 e. The summed E-state index contributed by atoms with van der Waals surface area (Å²) in [5.41, 5.74) is 2.31. The molecule has 16 heavy (non-hydrogen) atoms. The predicted molar refractivity (Wildman–Crippen MR) is 62.2 cm³/mol. The van der Waals surface area contributed by atoms with Crippen molar-refractivity contribution in [1.29, 1.82) is 0 Å². The lowest BCUT2D eigenvalue weighted by Crippen LogP contribution is -2.20. The highest BCUT2D eigenvalue weighted by atomic mass is 16.5. The Balaban J connectivity index is 1.63. The Hall–Kier alpha value is -0.890. The van der Waals surface area contributed by atoms with Gasteiger partial charge in [0.1, 0.15) is 0 Å². The van der Waals surface area contributed by atoms with E-state index in [-0.39, 0.29) is 6.10 Å². The van der Waals surface area contributed by atoms with E-state index in [1.54, 1.807) is 0 Å². The summed E-state index contributed by atoms with van der Waals surface area (Å²) < 4.78 is 6.06. The molecular weight excluding hydrogens is 200 g/mol. The first-order chi connectivity index (χ1) is 7.83. The number of ketones is 1. The number of rotatable bonds is 2. The first-order valence-corrected chi connectivity index (χ1v) is 6.42. The van der Waals surface area contributed by atoms with Crippen molar-refractivity contribution in [3.8, 4) is 0 Å². The number of hydrogen-bond donors (Lipinski definition) is 0.